The average molecular weight is 526 g/mol. The van der Waals surface area contributed by atoms with Gasteiger partial charge in [-0.1, -0.05) is 23.2 Å². The molecule has 0 aliphatic rings. The lowest BCUT2D eigenvalue weighted by Crippen LogP contribution is -2.43. The molecule has 0 saturated carbocycles. The Hall–Kier alpha value is -4.99. The van der Waals surface area contributed by atoms with Gasteiger partial charge in [-0.3, -0.25) is 19.0 Å². The van der Waals surface area contributed by atoms with E-state index >= 15 is 0 Å². The third kappa shape index (κ3) is 4.96. The lowest BCUT2D eigenvalue weighted by atomic mass is 10.1. The number of nitrogens with one attached hydrogen (secondary N) is 1. The van der Waals surface area contributed by atoms with E-state index in [2.05, 4.69) is 10.3 Å². The van der Waals surface area contributed by atoms with Gasteiger partial charge in [0, 0.05) is 37.1 Å². The zero-order valence-electron chi connectivity index (χ0n) is 22.0. The van der Waals surface area contributed by atoms with Crippen molar-refractivity contribution in [3.8, 4) is 11.5 Å². The van der Waals surface area contributed by atoms with Crippen molar-refractivity contribution in [3.63, 3.8) is 0 Å². The normalized spacial score (nSPS) is 11.1. The van der Waals surface area contributed by atoms with E-state index in [0.717, 1.165) is 16.7 Å². The van der Waals surface area contributed by atoms with E-state index in [9.17, 15) is 9.59 Å². The molecule has 0 atom stereocenters. The van der Waals surface area contributed by atoms with Gasteiger partial charge < -0.3 is 20.5 Å². The highest BCUT2D eigenvalue weighted by molar-refractivity contribution is 6.00. The van der Waals surface area contributed by atoms with Gasteiger partial charge in [0.15, 0.2) is 11.5 Å². The highest BCUT2D eigenvalue weighted by Crippen LogP contribution is 2.28. The molecule has 39 heavy (non-hydrogen) atoms. The highest BCUT2D eigenvalue weighted by Gasteiger charge is 2.25. The molecule has 0 aliphatic carbocycles. The fourth-order valence-corrected chi connectivity index (χ4v) is 4.58. The second-order valence-electron chi connectivity index (χ2n) is 9.12. The molecule has 4 heterocycles. The van der Waals surface area contributed by atoms with Crippen LogP contribution in [-0.2, 0) is 19.5 Å². The van der Waals surface area contributed by atoms with Crippen LogP contribution in [0.15, 0.2) is 71.9 Å². The number of aromatic nitrogens is 4. The van der Waals surface area contributed by atoms with Crippen LogP contribution in [0.3, 0.4) is 0 Å². The summed E-state index contributed by atoms with van der Waals surface area (Å²) in [5.74, 6) is 1.06. The van der Waals surface area contributed by atoms with Crippen molar-refractivity contribution in [2.75, 3.05) is 20.0 Å². The van der Waals surface area contributed by atoms with E-state index in [-0.39, 0.29) is 23.5 Å². The predicted octanol–water partition coefficient (Wildman–Crippen LogP) is 2.61. The fourth-order valence-electron chi connectivity index (χ4n) is 4.58. The number of rotatable bonds is 8. The fraction of sp³-hybridized carbons (Fsp3) is 0.207. The lowest BCUT2D eigenvalue weighted by Gasteiger charge is -2.14. The maximum Gasteiger partial charge on any atom is 0.278 e. The minimum absolute atomic E-state index is 0.199. The van der Waals surface area contributed by atoms with Gasteiger partial charge in [-0.25, -0.2) is 4.57 Å². The molecule has 198 valence electrons. The number of methoxy groups -OCH3 is 2. The first-order valence-corrected chi connectivity index (χ1v) is 12.4. The summed E-state index contributed by atoms with van der Waals surface area (Å²) in [6.45, 7) is 2.53. The Morgan fingerprint density at radius 3 is 2.64 bits per heavy atom. The molecule has 4 aromatic heterocycles. The minimum atomic E-state index is -0.396. The van der Waals surface area contributed by atoms with Crippen LogP contribution in [0.25, 0.3) is 16.7 Å². The number of carbonyl (C=O) groups is 1. The number of aryl methyl sites for hydroxylation is 3. The van der Waals surface area contributed by atoms with Crippen LogP contribution in [0, 0.1) is 6.92 Å². The Labute approximate surface area is 224 Å². The number of pyridine rings is 3. The first-order valence-electron chi connectivity index (χ1n) is 12.4. The number of nitrogens with zero attached hydrogens (tertiary/aromatic N) is 4. The van der Waals surface area contributed by atoms with Gasteiger partial charge in [-0.2, -0.15) is 0 Å². The van der Waals surface area contributed by atoms with Gasteiger partial charge in [0.25, 0.3) is 17.1 Å². The number of anilines is 1. The molecule has 1 amide bonds. The SMILES string of the molecule is COc1ccc(CC[n+]2c(N)c(C(=O)NCc3cccnc3)cc3c(=O)n4cccc(C)c4nc32)cc1OC. The van der Waals surface area contributed by atoms with E-state index in [1.165, 1.54) is 10.5 Å². The molecule has 5 aromatic rings. The van der Waals surface area contributed by atoms with E-state index in [1.54, 1.807) is 49.5 Å². The summed E-state index contributed by atoms with van der Waals surface area (Å²) < 4.78 is 14.0. The summed E-state index contributed by atoms with van der Waals surface area (Å²) in [5, 5.41) is 3.18. The average Bonchev–Trinajstić information content (AvgIpc) is 2.96. The molecule has 0 spiro atoms. The maximum absolute atomic E-state index is 13.6. The van der Waals surface area contributed by atoms with E-state index in [4.69, 9.17) is 20.2 Å². The van der Waals surface area contributed by atoms with Crippen LogP contribution in [0.2, 0.25) is 0 Å². The van der Waals surface area contributed by atoms with E-state index < -0.39 is 5.91 Å². The van der Waals surface area contributed by atoms with Gasteiger partial charge in [0.1, 0.15) is 10.9 Å². The highest BCUT2D eigenvalue weighted by atomic mass is 16.5. The molecule has 1 aromatic carbocycles. The van der Waals surface area contributed by atoms with Gasteiger partial charge >= 0.3 is 0 Å². The summed E-state index contributed by atoms with van der Waals surface area (Å²) in [7, 11) is 3.17. The molecule has 5 rings (SSSR count). The van der Waals surface area contributed by atoms with Crippen LogP contribution in [0.4, 0.5) is 5.82 Å². The number of hydrogen-bond donors (Lipinski definition) is 2. The second-order valence-corrected chi connectivity index (χ2v) is 9.12. The molecule has 3 N–H and O–H groups in total. The first kappa shape index (κ1) is 25.7. The van der Waals surface area contributed by atoms with E-state index in [0.29, 0.717) is 41.1 Å². The van der Waals surface area contributed by atoms with Crippen molar-refractivity contribution in [2.24, 2.45) is 0 Å². The molecule has 0 fully saturated rings. The molecule has 10 heteroatoms. The molecule has 10 nitrogen and oxygen atoms in total. The van der Waals surface area contributed by atoms with Gasteiger partial charge in [0.05, 0.1) is 20.8 Å². The zero-order chi connectivity index (χ0) is 27.5. The third-order valence-electron chi connectivity index (χ3n) is 6.67. The molecule has 0 aliphatic heterocycles. The number of nitrogen functional groups attached to an aromatic ring is 1. The van der Waals surface area contributed by atoms with Crippen molar-refractivity contribution < 1.29 is 18.8 Å². The number of ether oxygens (including phenoxy) is 2. The summed E-state index contributed by atoms with van der Waals surface area (Å²) in [6, 6.07) is 14.5. The maximum atomic E-state index is 13.6. The molecule has 0 bridgehead atoms. The van der Waals surface area contributed by atoms with Crippen molar-refractivity contribution in [1.29, 1.82) is 0 Å². The van der Waals surface area contributed by atoms with Crippen LogP contribution in [0.5, 0.6) is 11.5 Å². The van der Waals surface area contributed by atoms with Gasteiger partial charge in [-0.15, -0.1) is 0 Å². The predicted molar refractivity (Wildman–Crippen MR) is 147 cm³/mol. The molecular formula is C29H29N6O4+. The molecule has 0 unspecified atom stereocenters. The Bertz CT molecular complexity index is 1750. The standard InChI is InChI=1S/C29H28N6O4/c1-18-6-5-12-35-26(18)33-27-22(29(35)37)15-21(28(36)32-17-20-7-4-11-31-16-20)25(30)34(27)13-10-19-8-9-23(38-2)24(14-19)39-3/h4-9,11-12,14-16,30H,10,13,17H2,1-3H3,(H,32,36)/p+1. The number of benzene rings is 1. The number of nitrogens with two attached hydrogens (primary N) is 1. The monoisotopic (exact) mass is 525 g/mol. The molecule has 0 radical (unpaired) electrons. The number of carbonyl (C=O) groups excluding carboxylic acids is 1. The summed E-state index contributed by atoms with van der Waals surface area (Å²) in [4.78, 5) is 35.8. The largest absolute Gasteiger partial charge is 0.493 e. The van der Waals surface area contributed by atoms with Crippen molar-refractivity contribution >= 4 is 28.4 Å². The van der Waals surface area contributed by atoms with Crippen molar-refractivity contribution in [2.45, 2.75) is 26.4 Å². The summed E-state index contributed by atoms with van der Waals surface area (Å²) in [6.07, 6.45) is 5.56. The Kier molecular flexibility index (Phi) is 7.09. The summed E-state index contributed by atoms with van der Waals surface area (Å²) >= 11 is 0. The Balaban J connectivity index is 1.60. The van der Waals surface area contributed by atoms with Gasteiger partial charge in [-0.05, 0) is 48.4 Å². The lowest BCUT2D eigenvalue weighted by molar-refractivity contribution is -0.658. The van der Waals surface area contributed by atoms with E-state index in [1.807, 2.05) is 37.3 Å². The Morgan fingerprint density at radius 1 is 1.08 bits per heavy atom. The molecular weight excluding hydrogens is 496 g/mol. The van der Waals surface area contributed by atoms with Crippen molar-refractivity contribution in [3.05, 3.63) is 99.7 Å². The topological polar surface area (TPSA) is 125 Å². The second kappa shape index (κ2) is 10.8. The smallest absolute Gasteiger partial charge is 0.278 e. The summed E-state index contributed by atoms with van der Waals surface area (Å²) in [5.41, 5.74) is 10.1. The number of fused-ring (bicyclic) bond motifs is 2. The zero-order valence-corrected chi connectivity index (χ0v) is 22.0. The minimum Gasteiger partial charge on any atom is -0.493 e. The third-order valence-corrected chi connectivity index (χ3v) is 6.67. The van der Waals surface area contributed by atoms with Crippen LogP contribution < -0.4 is 30.7 Å². The number of hydrogen-bond acceptors (Lipinski definition) is 7. The number of amides is 1. The quantitative estimate of drug-likeness (QED) is 0.236. The van der Waals surface area contributed by atoms with Crippen molar-refractivity contribution in [1.82, 2.24) is 19.7 Å². The van der Waals surface area contributed by atoms with Crippen LogP contribution in [0.1, 0.15) is 27.0 Å². The Morgan fingerprint density at radius 2 is 1.90 bits per heavy atom. The van der Waals surface area contributed by atoms with Crippen LogP contribution in [-0.4, -0.2) is 34.5 Å². The van der Waals surface area contributed by atoms with Crippen LogP contribution >= 0.6 is 0 Å². The van der Waals surface area contributed by atoms with Gasteiger partial charge in [0.2, 0.25) is 11.5 Å². The molecule has 0 saturated heterocycles. The first-order chi connectivity index (χ1) is 18.9.